The zero-order valence-corrected chi connectivity index (χ0v) is 9.61. The predicted octanol–water partition coefficient (Wildman–Crippen LogP) is 2.64. The van der Waals surface area contributed by atoms with E-state index in [4.69, 9.17) is 5.73 Å². The Balaban J connectivity index is 2.95. The fourth-order valence-electron chi connectivity index (χ4n) is 1.28. The Hall–Kier alpha value is -0.410. The van der Waals surface area contributed by atoms with Gasteiger partial charge < -0.3 is 5.73 Å². The van der Waals surface area contributed by atoms with Gasteiger partial charge in [-0.2, -0.15) is 0 Å². The van der Waals surface area contributed by atoms with Crippen molar-refractivity contribution in [2.75, 3.05) is 6.54 Å². The van der Waals surface area contributed by atoms with Crippen molar-refractivity contribution in [1.82, 2.24) is 4.98 Å². The molecule has 74 valence electrons. The minimum Gasteiger partial charge on any atom is -0.330 e. The molecule has 0 saturated heterocycles. The number of nitrogens with zero attached hydrogens (tertiary/aromatic N) is 1. The van der Waals surface area contributed by atoms with Gasteiger partial charge in [-0.15, -0.1) is 11.3 Å². The molecule has 1 aromatic heterocycles. The third-order valence-electron chi connectivity index (χ3n) is 2.17. The van der Waals surface area contributed by atoms with Crippen molar-refractivity contribution < 1.29 is 0 Å². The third kappa shape index (κ3) is 2.29. The van der Waals surface area contributed by atoms with Crippen LogP contribution < -0.4 is 5.73 Å². The van der Waals surface area contributed by atoms with Crippen molar-refractivity contribution in [3.05, 3.63) is 15.6 Å². The Bertz CT molecular complexity index is 278. The second-order valence-corrected chi connectivity index (χ2v) is 5.02. The van der Waals surface area contributed by atoms with Crippen molar-refractivity contribution in [3.63, 3.8) is 0 Å². The van der Waals surface area contributed by atoms with Crippen LogP contribution in [-0.2, 0) is 0 Å². The van der Waals surface area contributed by atoms with Crippen LogP contribution in [0.5, 0.6) is 0 Å². The Morgan fingerprint density at radius 2 is 2.00 bits per heavy atom. The lowest BCUT2D eigenvalue weighted by molar-refractivity contribution is 0.744. The second kappa shape index (κ2) is 4.20. The van der Waals surface area contributed by atoms with Crippen LogP contribution in [-0.4, -0.2) is 11.5 Å². The van der Waals surface area contributed by atoms with E-state index in [9.17, 15) is 0 Å². The van der Waals surface area contributed by atoms with Crippen molar-refractivity contribution in [2.24, 2.45) is 5.73 Å². The molecular formula is C10H18N2S. The first-order valence-electron chi connectivity index (χ1n) is 4.73. The molecule has 0 saturated carbocycles. The molecule has 0 aliphatic heterocycles. The van der Waals surface area contributed by atoms with E-state index in [2.05, 4.69) is 32.7 Å². The molecule has 1 rings (SSSR count). The molecule has 0 fully saturated rings. The molecular weight excluding hydrogens is 180 g/mol. The van der Waals surface area contributed by atoms with Crippen LogP contribution in [0.3, 0.4) is 0 Å². The van der Waals surface area contributed by atoms with E-state index >= 15 is 0 Å². The van der Waals surface area contributed by atoms with Crippen molar-refractivity contribution >= 4 is 11.3 Å². The summed E-state index contributed by atoms with van der Waals surface area (Å²) in [5, 5.41) is 1.18. The Morgan fingerprint density at radius 3 is 2.38 bits per heavy atom. The molecule has 2 nitrogen and oxygen atoms in total. The van der Waals surface area contributed by atoms with Gasteiger partial charge in [0.05, 0.1) is 10.7 Å². The highest BCUT2D eigenvalue weighted by Gasteiger charge is 2.14. The molecule has 0 aromatic carbocycles. The lowest BCUT2D eigenvalue weighted by atomic mass is 10.1. The SMILES string of the molecule is Cc1sc(C(C)CN)nc1C(C)C. The van der Waals surface area contributed by atoms with Crippen molar-refractivity contribution in [2.45, 2.75) is 39.5 Å². The average molecular weight is 198 g/mol. The van der Waals surface area contributed by atoms with Crippen LogP contribution in [0.15, 0.2) is 0 Å². The number of aromatic nitrogens is 1. The van der Waals surface area contributed by atoms with Crippen LogP contribution in [0.2, 0.25) is 0 Å². The number of thiazole rings is 1. The first-order chi connectivity index (χ1) is 6.06. The van der Waals surface area contributed by atoms with E-state index < -0.39 is 0 Å². The normalized spacial score (nSPS) is 13.7. The molecule has 1 aromatic rings. The quantitative estimate of drug-likeness (QED) is 0.811. The maximum Gasteiger partial charge on any atom is 0.0971 e. The Morgan fingerprint density at radius 1 is 1.38 bits per heavy atom. The van der Waals surface area contributed by atoms with Gasteiger partial charge in [0.2, 0.25) is 0 Å². The van der Waals surface area contributed by atoms with Gasteiger partial charge >= 0.3 is 0 Å². The average Bonchev–Trinajstić information content (AvgIpc) is 2.46. The molecule has 0 aliphatic rings. The van der Waals surface area contributed by atoms with E-state index in [0.717, 1.165) is 0 Å². The van der Waals surface area contributed by atoms with Crippen molar-refractivity contribution in [1.29, 1.82) is 0 Å². The largest absolute Gasteiger partial charge is 0.330 e. The fraction of sp³-hybridized carbons (Fsp3) is 0.700. The Kier molecular flexibility index (Phi) is 3.45. The summed E-state index contributed by atoms with van der Waals surface area (Å²) in [6, 6.07) is 0. The first-order valence-corrected chi connectivity index (χ1v) is 5.55. The molecule has 13 heavy (non-hydrogen) atoms. The maximum atomic E-state index is 5.61. The zero-order chi connectivity index (χ0) is 10.0. The minimum atomic E-state index is 0.399. The summed E-state index contributed by atoms with van der Waals surface area (Å²) in [6.07, 6.45) is 0. The summed E-state index contributed by atoms with van der Waals surface area (Å²) in [4.78, 5) is 5.96. The highest BCUT2D eigenvalue weighted by Crippen LogP contribution is 2.28. The summed E-state index contributed by atoms with van der Waals surface area (Å²) in [7, 11) is 0. The summed E-state index contributed by atoms with van der Waals surface area (Å²) in [5.74, 6) is 0.922. The highest BCUT2D eigenvalue weighted by molar-refractivity contribution is 7.11. The molecule has 0 radical (unpaired) electrons. The predicted molar refractivity (Wildman–Crippen MR) is 58.4 cm³/mol. The summed E-state index contributed by atoms with van der Waals surface area (Å²) >= 11 is 1.78. The van der Waals surface area contributed by atoms with E-state index in [1.807, 2.05) is 0 Å². The van der Waals surface area contributed by atoms with Gasteiger partial charge in [0.15, 0.2) is 0 Å². The zero-order valence-electron chi connectivity index (χ0n) is 8.79. The summed E-state index contributed by atoms with van der Waals surface area (Å²) < 4.78 is 0. The van der Waals surface area contributed by atoms with Crippen LogP contribution in [0.25, 0.3) is 0 Å². The van der Waals surface area contributed by atoms with Crippen LogP contribution in [0, 0.1) is 6.92 Å². The van der Waals surface area contributed by atoms with Gasteiger partial charge in [0.1, 0.15) is 0 Å². The topological polar surface area (TPSA) is 38.9 Å². The number of aryl methyl sites for hydroxylation is 1. The number of hydrogen-bond donors (Lipinski definition) is 1. The standard InChI is InChI=1S/C10H18N2S/c1-6(2)9-8(4)13-10(12-9)7(3)5-11/h6-7H,5,11H2,1-4H3. The lowest BCUT2D eigenvalue weighted by Gasteiger charge is -2.03. The molecule has 0 spiro atoms. The fourth-order valence-corrected chi connectivity index (χ4v) is 2.42. The van der Waals surface area contributed by atoms with Gasteiger partial charge in [0, 0.05) is 17.3 Å². The van der Waals surface area contributed by atoms with E-state index in [-0.39, 0.29) is 0 Å². The minimum absolute atomic E-state index is 0.399. The van der Waals surface area contributed by atoms with Crippen molar-refractivity contribution in [3.8, 4) is 0 Å². The summed E-state index contributed by atoms with van der Waals surface area (Å²) in [6.45, 7) is 9.31. The molecule has 1 atom stereocenters. The number of nitrogens with two attached hydrogens (primary N) is 1. The monoisotopic (exact) mass is 198 g/mol. The lowest BCUT2D eigenvalue weighted by Crippen LogP contribution is -2.08. The van der Waals surface area contributed by atoms with E-state index in [0.29, 0.717) is 18.4 Å². The third-order valence-corrected chi connectivity index (χ3v) is 3.39. The molecule has 1 heterocycles. The molecule has 3 heteroatoms. The molecule has 2 N–H and O–H groups in total. The van der Waals surface area contributed by atoms with Gasteiger partial charge in [-0.25, -0.2) is 4.98 Å². The molecule has 1 unspecified atom stereocenters. The molecule has 0 bridgehead atoms. The van der Waals surface area contributed by atoms with Crippen LogP contribution in [0.4, 0.5) is 0 Å². The van der Waals surface area contributed by atoms with Crippen LogP contribution in [0.1, 0.15) is 48.2 Å². The smallest absolute Gasteiger partial charge is 0.0971 e. The number of hydrogen-bond acceptors (Lipinski definition) is 3. The van der Waals surface area contributed by atoms with Gasteiger partial charge in [-0.05, 0) is 12.8 Å². The van der Waals surface area contributed by atoms with E-state index in [1.54, 1.807) is 11.3 Å². The maximum absolute atomic E-state index is 5.61. The van der Waals surface area contributed by atoms with Gasteiger partial charge in [0.25, 0.3) is 0 Å². The second-order valence-electron chi connectivity index (χ2n) is 3.78. The van der Waals surface area contributed by atoms with Gasteiger partial charge in [-0.1, -0.05) is 20.8 Å². The van der Waals surface area contributed by atoms with Gasteiger partial charge in [-0.3, -0.25) is 0 Å². The van der Waals surface area contributed by atoms with Crippen LogP contribution >= 0.6 is 11.3 Å². The highest BCUT2D eigenvalue weighted by atomic mass is 32.1. The first kappa shape index (κ1) is 10.7. The molecule has 0 aliphatic carbocycles. The number of rotatable bonds is 3. The Labute approximate surface area is 84.2 Å². The summed E-state index contributed by atoms with van der Waals surface area (Å²) in [5.41, 5.74) is 6.84. The molecule has 0 amide bonds. The van der Waals surface area contributed by atoms with E-state index in [1.165, 1.54) is 15.6 Å².